The topological polar surface area (TPSA) is 80.8 Å². The van der Waals surface area contributed by atoms with Gasteiger partial charge in [0.15, 0.2) is 5.82 Å². The Hall–Kier alpha value is -1.50. The summed E-state index contributed by atoms with van der Waals surface area (Å²) in [5, 5.41) is 8.44. The molecule has 0 saturated carbocycles. The van der Waals surface area contributed by atoms with Crippen molar-refractivity contribution in [3.05, 3.63) is 33.6 Å². The molecule has 114 valence electrons. The zero-order valence-electron chi connectivity index (χ0n) is 12.0. The van der Waals surface area contributed by atoms with E-state index in [2.05, 4.69) is 26.9 Å². The van der Waals surface area contributed by atoms with Gasteiger partial charge in [0.2, 0.25) is 0 Å². The summed E-state index contributed by atoms with van der Waals surface area (Å²) < 4.78 is 1.99. The highest BCUT2D eigenvalue weighted by atomic mass is 35.5. The molecule has 0 aliphatic rings. The third kappa shape index (κ3) is 4.00. The van der Waals surface area contributed by atoms with Crippen molar-refractivity contribution < 1.29 is 0 Å². The lowest BCUT2D eigenvalue weighted by Gasteiger charge is -2.11. The third-order valence-corrected chi connectivity index (χ3v) is 3.58. The van der Waals surface area contributed by atoms with Gasteiger partial charge < -0.3 is 10.7 Å². The van der Waals surface area contributed by atoms with E-state index in [1.807, 2.05) is 18.5 Å². The quantitative estimate of drug-likeness (QED) is 0.431. The van der Waals surface area contributed by atoms with Crippen LogP contribution in [0.3, 0.4) is 0 Å². The average molecular weight is 329 g/mol. The molecule has 0 aliphatic heterocycles. The Bertz CT molecular complexity index is 625. The third-order valence-electron chi connectivity index (χ3n) is 3.01. The fourth-order valence-electron chi connectivity index (χ4n) is 2.03. The second-order valence-electron chi connectivity index (χ2n) is 4.72. The first-order valence-electron chi connectivity index (χ1n) is 6.59. The van der Waals surface area contributed by atoms with Gasteiger partial charge in [0.05, 0.1) is 15.7 Å². The first-order chi connectivity index (χ1) is 10.0. The number of hydrogen-bond donors (Lipinski definition) is 3. The summed E-state index contributed by atoms with van der Waals surface area (Å²) in [7, 11) is 0. The number of hydrazine groups is 1. The molecular formula is C13H18Cl2N6. The second-order valence-corrected chi connectivity index (χ2v) is 5.54. The lowest BCUT2D eigenvalue weighted by Crippen LogP contribution is -2.13. The van der Waals surface area contributed by atoms with E-state index in [-0.39, 0.29) is 0 Å². The molecule has 21 heavy (non-hydrogen) atoms. The van der Waals surface area contributed by atoms with E-state index >= 15 is 0 Å². The molecule has 2 aromatic heterocycles. The molecule has 2 rings (SSSR count). The van der Waals surface area contributed by atoms with Crippen LogP contribution in [0.1, 0.15) is 17.8 Å². The average Bonchev–Trinajstić information content (AvgIpc) is 2.75. The number of halogens is 2. The van der Waals surface area contributed by atoms with Gasteiger partial charge in [-0.2, -0.15) is 5.10 Å². The Labute approximate surface area is 133 Å². The summed E-state index contributed by atoms with van der Waals surface area (Å²) in [6.45, 7) is 5.58. The van der Waals surface area contributed by atoms with Crippen LogP contribution < -0.4 is 16.6 Å². The summed E-state index contributed by atoms with van der Waals surface area (Å²) in [6, 6.07) is 3.67. The lowest BCUT2D eigenvalue weighted by molar-refractivity contribution is 0.573. The van der Waals surface area contributed by atoms with Crippen molar-refractivity contribution in [3.8, 4) is 0 Å². The molecule has 0 unspecified atom stereocenters. The largest absolute Gasteiger partial charge is 0.369 e. The molecule has 0 spiro atoms. The molecule has 0 aliphatic carbocycles. The maximum atomic E-state index is 6.09. The van der Waals surface area contributed by atoms with Crippen LogP contribution in [0.25, 0.3) is 0 Å². The van der Waals surface area contributed by atoms with E-state index in [0.717, 1.165) is 30.9 Å². The number of nitrogen functional groups attached to an aromatic ring is 1. The first-order valence-corrected chi connectivity index (χ1v) is 7.34. The van der Waals surface area contributed by atoms with Crippen LogP contribution in [0.5, 0.6) is 0 Å². The standard InChI is InChI=1S/C13H18Cl2N6/c1-8-6-9(2)21(20-8)5-3-4-17-12-10(14)7-11(15)13(18-12)19-16/h6-7H,3-5,16H2,1-2H3,(H2,17,18,19). The second kappa shape index (κ2) is 6.98. The van der Waals surface area contributed by atoms with Crippen LogP contribution in [0, 0.1) is 13.8 Å². The van der Waals surface area contributed by atoms with Crippen molar-refractivity contribution >= 4 is 34.8 Å². The van der Waals surface area contributed by atoms with Crippen molar-refractivity contribution in [1.82, 2.24) is 14.8 Å². The van der Waals surface area contributed by atoms with Crippen molar-refractivity contribution in [2.75, 3.05) is 17.3 Å². The minimum absolute atomic E-state index is 0.385. The van der Waals surface area contributed by atoms with Crippen LogP contribution >= 0.6 is 23.2 Å². The first kappa shape index (κ1) is 15.9. The zero-order chi connectivity index (χ0) is 15.4. The summed E-state index contributed by atoms with van der Waals surface area (Å²) >= 11 is 12.0. The van der Waals surface area contributed by atoms with Gasteiger partial charge in [-0.25, -0.2) is 10.8 Å². The number of aromatic nitrogens is 3. The van der Waals surface area contributed by atoms with Gasteiger partial charge in [-0.15, -0.1) is 0 Å². The molecule has 4 N–H and O–H groups in total. The molecule has 0 amide bonds. The molecule has 8 heteroatoms. The fraction of sp³-hybridized carbons (Fsp3) is 0.385. The molecule has 0 radical (unpaired) electrons. The van der Waals surface area contributed by atoms with Gasteiger partial charge in [-0.05, 0) is 32.4 Å². The number of hydrogen-bond acceptors (Lipinski definition) is 5. The number of nitrogens with zero attached hydrogens (tertiary/aromatic N) is 3. The van der Waals surface area contributed by atoms with Crippen molar-refractivity contribution in [2.45, 2.75) is 26.8 Å². The molecule has 0 aromatic carbocycles. The minimum Gasteiger partial charge on any atom is -0.369 e. The number of aryl methyl sites for hydroxylation is 3. The minimum atomic E-state index is 0.385. The van der Waals surface area contributed by atoms with Gasteiger partial charge in [0.25, 0.3) is 0 Å². The molecule has 0 fully saturated rings. The number of anilines is 2. The number of pyridine rings is 1. The summed E-state index contributed by atoms with van der Waals surface area (Å²) in [5.41, 5.74) is 4.62. The molecule has 0 saturated heterocycles. The maximum absolute atomic E-state index is 6.09. The highest BCUT2D eigenvalue weighted by Crippen LogP contribution is 2.28. The summed E-state index contributed by atoms with van der Waals surface area (Å²) in [4.78, 5) is 4.22. The van der Waals surface area contributed by atoms with E-state index < -0.39 is 0 Å². The van der Waals surface area contributed by atoms with E-state index in [0.29, 0.717) is 21.7 Å². The summed E-state index contributed by atoms with van der Waals surface area (Å²) in [6.07, 6.45) is 0.897. The Kier molecular flexibility index (Phi) is 5.27. The Morgan fingerprint density at radius 2 is 1.90 bits per heavy atom. The maximum Gasteiger partial charge on any atom is 0.161 e. The van der Waals surface area contributed by atoms with Crippen LogP contribution in [-0.2, 0) is 6.54 Å². The predicted octanol–water partition coefficient (Wildman–Crippen LogP) is 2.99. The van der Waals surface area contributed by atoms with Gasteiger partial charge in [-0.1, -0.05) is 23.2 Å². The molecule has 2 aromatic rings. The van der Waals surface area contributed by atoms with Crippen LogP contribution in [0.4, 0.5) is 11.6 Å². The van der Waals surface area contributed by atoms with E-state index in [1.165, 1.54) is 0 Å². The monoisotopic (exact) mass is 328 g/mol. The van der Waals surface area contributed by atoms with Crippen LogP contribution in [0.2, 0.25) is 10.0 Å². The number of rotatable bonds is 6. The highest BCUT2D eigenvalue weighted by Gasteiger charge is 2.08. The van der Waals surface area contributed by atoms with Gasteiger partial charge >= 0.3 is 0 Å². The SMILES string of the molecule is Cc1cc(C)n(CCCNc2nc(NN)c(Cl)cc2Cl)n1. The smallest absolute Gasteiger partial charge is 0.161 e. The van der Waals surface area contributed by atoms with Crippen LogP contribution in [-0.4, -0.2) is 21.3 Å². The van der Waals surface area contributed by atoms with Crippen molar-refractivity contribution in [2.24, 2.45) is 5.84 Å². The van der Waals surface area contributed by atoms with Crippen molar-refractivity contribution in [1.29, 1.82) is 0 Å². The molecular weight excluding hydrogens is 311 g/mol. The van der Waals surface area contributed by atoms with Crippen molar-refractivity contribution in [3.63, 3.8) is 0 Å². The fourth-order valence-corrected chi connectivity index (χ4v) is 2.51. The molecule has 0 bridgehead atoms. The Morgan fingerprint density at radius 3 is 2.52 bits per heavy atom. The number of nitrogens with one attached hydrogen (secondary N) is 2. The summed E-state index contributed by atoms with van der Waals surface area (Å²) in [5.74, 6) is 6.29. The molecule has 2 heterocycles. The highest BCUT2D eigenvalue weighted by molar-refractivity contribution is 6.37. The van der Waals surface area contributed by atoms with Gasteiger partial charge in [0.1, 0.15) is 5.82 Å². The van der Waals surface area contributed by atoms with Gasteiger partial charge in [-0.3, -0.25) is 4.68 Å². The van der Waals surface area contributed by atoms with E-state index in [4.69, 9.17) is 29.0 Å². The number of nitrogens with two attached hydrogens (primary N) is 1. The molecule has 0 atom stereocenters. The Balaban J connectivity index is 1.90. The predicted molar refractivity (Wildman–Crippen MR) is 86.9 cm³/mol. The zero-order valence-corrected chi connectivity index (χ0v) is 13.5. The lowest BCUT2D eigenvalue weighted by atomic mass is 10.3. The van der Waals surface area contributed by atoms with E-state index in [9.17, 15) is 0 Å². The van der Waals surface area contributed by atoms with Gasteiger partial charge in [0, 0.05) is 18.8 Å². The van der Waals surface area contributed by atoms with Crippen LogP contribution in [0.15, 0.2) is 12.1 Å². The molecule has 6 nitrogen and oxygen atoms in total. The van der Waals surface area contributed by atoms with E-state index in [1.54, 1.807) is 6.07 Å². The normalized spacial score (nSPS) is 10.7. The Morgan fingerprint density at radius 1 is 1.19 bits per heavy atom.